The van der Waals surface area contributed by atoms with Crippen LogP contribution in [0.25, 0.3) is 0 Å². The van der Waals surface area contributed by atoms with E-state index >= 15 is 0 Å². The van der Waals surface area contributed by atoms with Crippen LogP contribution in [0.5, 0.6) is 5.75 Å². The first-order valence-corrected chi connectivity index (χ1v) is 5.79. The van der Waals surface area contributed by atoms with Crippen molar-refractivity contribution in [2.24, 2.45) is 0 Å². The van der Waals surface area contributed by atoms with E-state index in [1.807, 2.05) is 13.8 Å². The first kappa shape index (κ1) is 14.2. The van der Waals surface area contributed by atoms with Crippen LogP contribution in [0.3, 0.4) is 0 Å². The minimum absolute atomic E-state index is 0.103. The minimum Gasteiger partial charge on any atom is -0.872 e. The van der Waals surface area contributed by atoms with Gasteiger partial charge in [-0.15, -0.1) is 5.75 Å². The van der Waals surface area contributed by atoms with Gasteiger partial charge in [0.05, 0.1) is 4.92 Å². The van der Waals surface area contributed by atoms with Gasteiger partial charge in [-0.25, -0.2) is 0 Å². The Morgan fingerprint density at radius 2 is 2.17 bits per heavy atom. The molecule has 2 N–H and O–H groups in total. The van der Waals surface area contributed by atoms with Crippen LogP contribution in [0.15, 0.2) is 18.2 Å². The number of nitrogens with one attached hydrogen (secondary N) is 2. The maximum absolute atomic E-state index is 11.5. The third kappa shape index (κ3) is 4.17. The summed E-state index contributed by atoms with van der Waals surface area (Å²) in [6, 6.07) is 3.82. The quantitative estimate of drug-likeness (QED) is 0.482. The molecule has 1 aromatic rings. The van der Waals surface area contributed by atoms with E-state index in [1.54, 1.807) is 0 Å². The zero-order valence-electron chi connectivity index (χ0n) is 10.1. The van der Waals surface area contributed by atoms with E-state index < -0.39 is 4.92 Å². The zero-order valence-corrected chi connectivity index (χ0v) is 10.9. The Morgan fingerprint density at radius 1 is 1.50 bits per heavy atom. The lowest BCUT2D eigenvalue weighted by Gasteiger charge is -2.16. The molecule has 18 heavy (non-hydrogen) atoms. The van der Waals surface area contributed by atoms with Crippen LogP contribution in [0.2, 0.25) is 0 Å². The van der Waals surface area contributed by atoms with Gasteiger partial charge in [-0.2, -0.15) is 0 Å². The van der Waals surface area contributed by atoms with Gasteiger partial charge in [-0.1, -0.05) is 6.07 Å². The Bertz CT molecular complexity index is 463. The lowest BCUT2D eigenvalue weighted by molar-refractivity contribution is -0.385. The fourth-order valence-corrected chi connectivity index (χ4v) is 1.61. The smallest absolute Gasteiger partial charge is 0.269 e. The fourth-order valence-electron chi connectivity index (χ4n) is 1.31. The van der Waals surface area contributed by atoms with Gasteiger partial charge < -0.3 is 15.7 Å². The number of hydrogen-bond acceptors (Lipinski definition) is 4. The predicted molar refractivity (Wildman–Crippen MR) is 70.3 cm³/mol. The van der Waals surface area contributed by atoms with E-state index in [-0.39, 0.29) is 24.0 Å². The fraction of sp³-hybridized carbons (Fsp3) is 0.364. The van der Waals surface area contributed by atoms with Crippen LogP contribution < -0.4 is 15.7 Å². The molecular formula is C11H14N3O3S-. The Labute approximate surface area is 110 Å². The van der Waals surface area contributed by atoms with Gasteiger partial charge in [0.2, 0.25) is 0 Å². The van der Waals surface area contributed by atoms with Crippen LogP contribution >= 0.6 is 12.2 Å². The van der Waals surface area contributed by atoms with Crippen molar-refractivity contribution in [1.29, 1.82) is 0 Å². The van der Waals surface area contributed by atoms with Crippen LogP contribution in [-0.2, 0) is 6.54 Å². The molecule has 0 heterocycles. The molecule has 0 aromatic heterocycles. The third-order valence-corrected chi connectivity index (χ3v) is 2.38. The molecular weight excluding hydrogens is 254 g/mol. The van der Waals surface area contributed by atoms with Crippen molar-refractivity contribution >= 4 is 23.0 Å². The maximum Gasteiger partial charge on any atom is 0.269 e. The molecule has 6 nitrogen and oxygen atoms in total. The summed E-state index contributed by atoms with van der Waals surface area (Å²) in [7, 11) is 0. The molecule has 0 saturated carbocycles. The number of hydrogen-bond donors (Lipinski definition) is 2. The lowest BCUT2D eigenvalue weighted by atomic mass is 10.2. The van der Waals surface area contributed by atoms with Crippen LogP contribution in [0.1, 0.15) is 19.4 Å². The summed E-state index contributed by atoms with van der Waals surface area (Å²) in [5.74, 6) is -0.250. The van der Waals surface area contributed by atoms with Gasteiger partial charge in [0.15, 0.2) is 5.11 Å². The summed E-state index contributed by atoms with van der Waals surface area (Å²) in [5, 5.41) is 28.3. The molecule has 0 bridgehead atoms. The van der Waals surface area contributed by atoms with Crippen molar-refractivity contribution in [3.8, 4) is 5.75 Å². The van der Waals surface area contributed by atoms with Gasteiger partial charge in [0, 0.05) is 24.7 Å². The normalized spacial score (nSPS) is 10.2. The molecule has 0 aliphatic heterocycles. The van der Waals surface area contributed by atoms with E-state index in [1.165, 1.54) is 18.2 Å². The van der Waals surface area contributed by atoms with Crippen molar-refractivity contribution in [2.45, 2.75) is 26.4 Å². The number of rotatable bonds is 4. The first-order chi connectivity index (χ1) is 8.40. The predicted octanol–water partition coefficient (Wildman–Crippen LogP) is 1.04. The number of thiocarbonyl (C=S) groups is 1. The van der Waals surface area contributed by atoms with Crippen LogP contribution in [0, 0.1) is 10.1 Å². The third-order valence-electron chi connectivity index (χ3n) is 2.11. The number of benzene rings is 1. The maximum atomic E-state index is 11.5. The van der Waals surface area contributed by atoms with Gasteiger partial charge in [0.1, 0.15) is 0 Å². The molecule has 0 aliphatic rings. The second-order valence-electron chi connectivity index (χ2n) is 4.03. The molecule has 0 radical (unpaired) electrons. The molecule has 0 saturated heterocycles. The number of nitro benzene ring substituents is 1. The van der Waals surface area contributed by atoms with Gasteiger partial charge in [-0.3, -0.25) is 10.1 Å². The summed E-state index contributed by atoms with van der Waals surface area (Å²) in [6.45, 7) is 4.03. The zero-order chi connectivity index (χ0) is 13.7. The van der Waals surface area contributed by atoms with Crippen LogP contribution in [0.4, 0.5) is 5.69 Å². The Kier molecular flexibility index (Phi) is 4.85. The van der Waals surface area contributed by atoms with Crippen molar-refractivity contribution in [3.05, 3.63) is 33.9 Å². The number of nitrogens with zero attached hydrogens (tertiary/aromatic N) is 1. The first-order valence-electron chi connectivity index (χ1n) is 5.39. The summed E-state index contributed by atoms with van der Waals surface area (Å²) in [5.41, 5.74) is 0.214. The van der Waals surface area contributed by atoms with Crippen molar-refractivity contribution in [1.82, 2.24) is 10.6 Å². The minimum atomic E-state index is -0.534. The van der Waals surface area contributed by atoms with E-state index in [0.29, 0.717) is 10.7 Å². The Balaban J connectivity index is 2.69. The summed E-state index contributed by atoms with van der Waals surface area (Å²) < 4.78 is 0. The average Bonchev–Trinajstić information content (AvgIpc) is 2.26. The Hall–Kier alpha value is -1.89. The topological polar surface area (TPSA) is 90.3 Å². The lowest BCUT2D eigenvalue weighted by Crippen LogP contribution is -2.38. The monoisotopic (exact) mass is 268 g/mol. The van der Waals surface area contributed by atoms with Crippen molar-refractivity contribution in [3.63, 3.8) is 0 Å². The molecule has 1 rings (SSSR count). The molecule has 0 amide bonds. The van der Waals surface area contributed by atoms with E-state index in [0.717, 1.165) is 0 Å². The van der Waals surface area contributed by atoms with Gasteiger partial charge in [-0.05, 0) is 31.6 Å². The second-order valence-corrected chi connectivity index (χ2v) is 4.44. The number of non-ortho nitro benzene ring substituents is 1. The summed E-state index contributed by atoms with van der Waals surface area (Å²) in [4.78, 5) is 10.1. The molecule has 0 fully saturated rings. The highest BCUT2D eigenvalue weighted by molar-refractivity contribution is 7.80. The molecule has 0 spiro atoms. The molecule has 1 aromatic carbocycles. The highest BCUT2D eigenvalue weighted by Crippen LogP contribution is 2.20. The molecule has 0 unspecified atom stereocenters. The van der Waals surface area contributed by atoms with Gasteiger partial charge in [0.25, 0.3) is 5.69 Å². The van der Waals surface area contributed by atoms with Crippen molar-refractivity contribution < 1.29 is 10.0 Å². The van der Waals surface area contributed by atoms with E-state index in [2.05, 4.69) is 10.6 Å². The van der Waals surface area contributed by atoms with E-state index in [9.17, 15) is 15.2 Å². The highest BCUT2D eigenvalue weighted by Gasteiger charge is 2.07. The van der Waals surface area contributed by atoms with E-state index in [4.69, 9.17) is 12.2 Å². The SMILES string of the molecule is CC(C)NC(=S)NCc1cc([N+](=O)[O-])ccc1[O-]. The largest absolute Gasteiger partial charge is 0.872 e. The average molecular weight is 268 g/mol. The molecule has 0 aliphatic carbocycles. The summed E-state index contributed by atoms with van der Waals surface area (Å²) in [6.07, 6.45) is 0. The Morgan fingerprint density at radius 3 is 2.72 bits per heavy atom. The van der Waals surface area contributed by atoms with Gasteiger partial charge >= 0.3 is 0 Å². The van der Waals surface area contributed by atoms with Crippen molar-refractivity contribution in [2.75, 3.05) is 0 Å². The molecule has 98 valence electrons. The molecule has 0 atom stereocenters. The summed E-state index contributed by atoms with van der Waals surface area (Å²) >= 11 is 5.00. The van der Waals surface area contributed by atoms with Crippen LogP contribution in [-0.4, -0.2) is 16.1 Å². The number of nitro groups is 1. The second kappa shape index (κ2) is 6.15. The molecule has 7 heteroatoms. The highest BCUT2D eigenvalue weighted by atomic mass is 32.1. The standard InChI is InChI=1S/C11H15N3O3S/c1-7(2)13-11(18)12-6-8-5-9(14(16)17)3-4-10(8)15/h3-5,7,15H,6H2,1-2H3,(H2,12,13,18)/p-1.